The van der Waals surface area contributed by atoms with Crippen molar-refractivity contribution in [2.45, 2.75) is 43.7 Å². The number of hydrogen-bond acceptors (Lipinski definition) is 6. The molecule has 0 saturated carbocycles. The second-order valence-electron chi connectivity index (χ2n) is 8.42. The molecule has 2 aromatic rings. The van der Waals surface area contributed by atoms with Crippen molar-refractivity contribution >= 4 is 11.8 Å². The Labute approximate surface area is 198 Å². The maximum absolute atomic E-state index is 13.7. The molecule has 9 heteroatoms. The molecule has 2 atom stereocenters. The highest BCUT2D eigenvalue weighted by atomic mass is 19.1. The fraction of sp³-hybridized carbons (Fsp3) is 0.440. The summed E-state index contributed by atoms with van der Waals surface area (Å²) < 4.78 is 29.5. The Morgan fingerprint density at radius 1 is 1.21 bits per heavy atom. The third-order valence-corrected chi connectivity index (χ3v) is 5.84. The largest absolute Gasteiger partial charge is 0.497 e. The number of amides is 2. The van der Waals surface area contributed by atoms with Crippen LogP contribution < -0.4 is 24.8 Å². The van der Waals surface area contributed by atoms with Gasteiger partial charge in [-0.25, -0.2) is 4.39 Å². The number of ether oxygens (including phenoxy) is 3. The zero-order chi connectivity index (χ0) is 24.6. The Kier molecular flexibility index (Phi) is 8.70. The van der Waals surface area contributed by atoms with Gasteiger partial charge in [0.05, 0.1) is 14.2 Å². The van der Waals surface area contributed by atoms with Crippen molar-refractivity contribution in [3.05, 3.63) is 53.8 Å². The fourth-order valence-corrected chi connectivity index (χ4v) is 4.00. The fourth-order valence-electron chi connectivity index (χ4n) is 4.00. The van der Waals surface area contributed by atoms with E-state index in [9.17, 15) is 19.1 Å². The Morgan fingerprint density at radius 3 is 2.71 bits per heavy atom. The van der Waals surface area contributed by atoms with Crippen LogP contribution in [0.3, 0.4) is 0 Å². The first-order valence-corrected chi connectivity index (χ1v) is 11.2. The summed E-state index contributed by atoms with van der Waals surface area (Å²) in [6.45, 7) is 0.0527. The van der Waals surface area contributed by atoms with Gasteiger partial charge in [-0.05, 0) is 49.1 Å². The van der Waals surface area contributed by atoms with Gasteiger partial charge in [-0.1, -0.05) is 12.1 Å². The molecule has 0 radical (unpaired) electrons. The minimum absolute atomic E-state index is 0.0137. The number of carbonyl (C=O) groups is 2. The molecule has 184 valence electrons. The molecule has 1 heterocycles. The quantitative estimate of drug-likeness (QED) is 0.436. The van der Waals surface area contributed by atoms with Gasteiger partial charge >= 0.3 is 0 Å². The highest BCUT2D eigenvalue weighted by molar-refractivity contribution is 5.80. The first-order chi connectivity index (χ1) is 16.3. The molecule has 34 heavy (non-hydrogen) atoms. The summed E-state index contributed by atoms with van der Waals surface area (Å²) in [6.07, 6.45) is 1.11. The molecular weight excluding hydrogens is 443 g/mol. The third-order valence-electron chi connectivity index (χ3n) is 5.84. The van der Waals surface area contributed by atoms with Crippen LogP contribution in [0.15, 0.2) is 42.5 Å². The summed E-state index contributed by atoms with van der Waals surface area (Å²) in [5.74, 6) is 0.578. The molecule has 1 aliphatic rings. The number of benzene rings is 2. The van der Waals surface area contributed by atoms with Gasteiger partial charge in [0, 0.05) is 31.0 Å². The second-order valence-corrected chi connectivity index (χ2v) is 8.42. The standard InChI is InChI=1S/C25H31FN2O6/c1-32-19-4-3-5-20(13-19)34-16-18(29)15-27-23(30)8-10-25(11-9-24(31)28-25)14-17-6-7-21(26)22(12-17)33-2/h3-7,12-13,18,29H,8-11,14-16H2,1-2H3,(H,27,30)(H,28,31)/t18-,25+/m1/s1. The van der Waals surface area contributed by atoms with Crippen LogP contribution in [0, 0.1) is 5.82 Å². The average molecular weight is 475 g/mol. The van der Waals surface area contributed by atoms with Crippen molar-refractivity contribution in [2.75, 3.05) is 27.4 Å². The first-order valence-electron chi connectivity index (χ1n) is 11.2. The number of aliphatic hydroxyl groups is 1. The molecule has 1 aliphatic heterocycles. The molecule has 1 saturated heterocycles. The van der Waals surface area contributed by atoms with E-state index in [1.54, 1.807) is 43.5 Å². The molecule has 0 bridgehead atoms. The zero-order valence-corrected chi connectivity index (χ0v) is 19.4. The van der Waals surface area contributed by atoms with E-state index < -0.39 is 17.5 Å². The molecule has 3 N–H and O–H groups in total. The minimum atomic E-state index is -0.887. The Balaban J connectivity index is 1.48. The van der Waals surface area contributed by atoms with Gasteiger partial charge in [0.2, 0.25) is 11.8 Å². The van der Waals surface area contributed by atoms with Crippen LogP contribution >= 0.6 is 0 Å². The van der Waals surface area contributed by atoms with E-state index in [2.05, 4.69) is 10.6 Å². The van der Waals surface area contributed by atoms with Crippen molar-refractivity contribution in [1.82, 2.24) is 10.6 Å². The molecule has 3 rings (SSSR count). The summed E-state index contributed by atoms with van der Waals surface area (Å²) in [7, 11) is 2.96. The summed E-state index contributed by atoms with van der Waals surface area (Å²) >= 11 is 0. The molecule has 1 fully saturated rings. The van der Waals surface area contributed by atoms with Crippen molar-refractivity contribution in [1.29, 1.82) is 0 Å². The van der Waals surface area contributed by atoms with Gasteiger partial charge in [0.1, 0.15) is 24.2 Å². The van der Waals surface area contributed by atoms with E-state index in [1.165, 1.54) is 13.2 Å². The minimum Gasteiger partial charge on any atom is -0.497 e. The van der Waals surface area contributed by atoms with Crippen molar-refractivity contribution in [3.63, 3.8) is 0 Å². The van der Waals surface area contributed by atoms with Crippen LogP contribution in [0.25, 0.3) is 0 Å². The summed E-state index contributed by atoms with van der Waals surface area (Å²) in [6, 6.07) is 11.6. The van der Waals surface area contributed by atoms with Gasteiger partial charge in [-0.2, -0.15) is 0 Å². The van der Waals surface area contributed by atoms with E-state index in [0.29, 0.717) is 37.2 Å². The molecule has 0 unspecified atom stereocenters. The molecule has 2 amide bonds. The maximum atomic E-state index is 13.7. The summed E-state index contributed by atoms with van der Waals surface area (Å²) in [5.41, 5.74) is 0.219. The van der Waals surface area contributed by atoms with Crippen molar-refractivity contribution in [3.8, 4) is 17.2 Å². The van der Waals surface area contributed by atoms with Crippen LogP contribution in [-0.4, -0.2) is 55.9 Å². The number of rotatable bonds is 12. The SMILES string of the molecule is COc1cccc(OC[C@H](O)CNC(=O)CC[C@@]2(Cc3ccc(F)c(OC)c3)CCC(=O)N2)c1. The van der Waals surface area contributed by atoms with E-state index in [1.807, 2.05) is 0 Å². The molecule has 0 aromatic heterocycles. The Hall–Kier alpha value is -3.33. The van der Waals surface area contributed by atoms with Crippen LogP contribution in [-0.2, 0) is 16.0 Å². The van der Waals surface area contributed by atoms with E-state index >= 15 is 0 Å². The van der Waals surface area contributed by atoms with Gasteiger partial charge in [0.25, 0.3) is 0 Å². The molecule has 0 aliphatic carbocycles. The number of hydrogen-bond donors (Lipinski definition) is 3. The molecule has 0 spiro atoms. The topological polar surface area (TPSA) is 106 Å². The number of nitrogens with one attached hydrogen (secondary N) is 2. The van der Waals surface area contributed by atoms with Crippen molar-refractivity contribution in [2.24, 2.45) is 0 Å². The van der Waals surface area contributed by atoms with E-state index in [-0.39, 0.29) is 37.1 Å². The lowest BCUT2D eigenvalue weighted by molar-refractivity contribution is -0.123. The highest BCUT2D eigenvalue weighted by Gasteiger charge is 2.38. The highest BCUT2D eigenvalue weighted by Crippen LogP contribution is 2.31. The van der Waals surface area contributed by atoms with Crippen molar-refractivity contribution < 1.29 is 33.3 Å². The number of aliphatic hydroxyl groups excluding tert-OH is 1. The second kappa shape index (κ2) is 11.7. The van der Waals surface area contributed by atoms with Crippen LogP contribution in [0.1, 0.15) is 31.2 Å². The molecule has 8 nitrogen and oxygen atoms in total. The van der Waals surface area contributed by atoms with Gasteiger partial charge in [0.15, 0.2) is 11.6 Å². The zero-order valence-electron chi connectivity index (χ0n) is 19.4. The Morgan fingerprint density at radius 2 is 2.00 bits per heavy atom. The average Bonchev–Trinajstić information content (AvgIpc) is 3.21. The monoisotopic (exact) mass is 474 g/mol. The van der Waals surface area contributed by atoms with Crippen LogP contribution in [0.4, 0.5) is 4.39 Å². The normalized spacial score (nSPS) is 18.2. The number of methoxy groups -OCH3 is 2. The summed E-state index contributed by atoms with van der Waals surface area (Å²) in [4.78, 5) is 24.4. The number of halogens is 1. The lowest BCUT2D eigenvalue weighted by Gasteiger charge is -2.29. The van der Waals surface area contributed by atoms with E-state index in [0.717, 1.165) is 5.56 Å². The van der Waals surface area contributed by atoms with Gasteiger partial charge in [-0.3, -0.25) is 9.59 Å². The van der Waals surface area contributed by atoms with Gasteiger partial charge < -0.3 is 30.0 Å². The Bertz CT molecular complexity index is 1000. The van der Waals surface area contributed by atoms with E-state index in [4.69, 9.17) is 14.2 Å². The predicted octanol–water partition coefficient (Wildman–Crippen LogP) is 2.37. The third kappa shape index (κ3) is 7.08. The first kappa shape index (κ1) is 25.3. The van der Waals surface area contributed by atoms with Gasteiger partial charge in [-0.15, -0.1) is 0 Å². The maximum Gasteiger partial charge on any atom is 0.220 e. The smallest absolute Gasteiger partial charge is 0.220 e. The van der Waals surface area contributed by atoms with Crippen LogP contribution in [0.2, 0.25) is 0 Å². The van der Waals surface area contributed by atoms with Crippen LogP contribution in [0.5, 0.6) is 17.2 Å². The lowest BCUT2D eigenvalue weighted by atomic mass is 9.85. The lowest BCUT2D eigenvalue weighted by Crippen LogP contribution is -2.45. The number of carbonyl (C=O) groups excluding carboxylic acids is 2. The molecule has 2 aromatic carbocycles. The molecular formula is C25H31FN2O6. The predicted molar refractivity (Wildman–Crippen MR) is 124 cm³/mol. The summed E-state index contributed by atoms with van der Waals surface area (Å²) in [5, 5.41) is 15.9.